The third kappa shape index (κ3) is 26.0. The van der Waals surface area contributed by atoms with Crippen molar-refractivity contribution < 1.29 is 46.7 Å². The number of rotatable bonds is 36. The van der Waals surface area contributed by atoms with Crippen molar-refractivity contribution in [3.63, 3.8) is 0 Å². The van der Waals surface area contributed by atoms with E-state index in [-0.39, 0.29) is 32.6 Å². The van der Waals surface area contributed by atoms with Crippen LogP contribution in [-0.4, -0.2) is 61.5 Å². The third-order valence-corrected chi connectivity index (χ3v) is 11.0. The fraction of sp³-hybridized carbons (Fsp3) is 0.660. The van der Waals surface area contributed by atoms with Crippen molar-refractivity contribution in [2.24, 2.45) is 5.73 Å². The number of esters is 2. The van der Waals surface area contributed by atoms with Crippen LogP contribution in [0.5, 0.6) is 0 Å². The molecule has 0 radical (unpaired) electrons. The zero-order valence-corrected chi connectivity index (χ0v) is 37.5. The zero-order chi connectivity index (χ0) is 43.0. The molecule has 0 spiro atoms. The first-order valence-corrected chi connectivity index (χ1v) is 23.7. The SMILES string of the molecule is CC/C=C\CC1OC1C/C=C\C/C=C\C/C=C\C/C=C\CCC(=O)O[C@H](COC(=O)CCCCCCCCc1oc(CCCCC)c(C)c1C)COP(=O)(O)OCCN. The molecule has 1 aliphatic rings. The molecule has 0 saturated carbocycles. The van der Waals surface area contributed by atoms with Crippen LogP contribution in [0.2, 0.25) is 0 Å². The number of allylic oxidation sites excluding steroid dienone is 8. The Morgan fingerprint density at radius 1 is 0.712 bits per heavy atom. The summed E-state index contributed by atoms with van der Waals surface area (Å²) < 4.78 is 44.7. The minimum Gasteiger partial charge on any atom is -0.466 e. The second-order valence-corrected chi connectivity index (χ2v) is 16.6. The van der Waals surface area contributed by atoms with Crippen molar-refractivity contribution in [1.29, 1.82) is 0 Å². The Kier molecular flexibility index (Phi) is 28.9. The van der Waals surface area contributed by atoms with Crippen LogP contribution >= 0.6 is 7.82 Å². The lowest BCUT2D eigenvalue weighted by molar-refractivity contribution is -0.161. The fourth-order valence-corrected chi connectivity index (χ4v) is 7.11. The van der Waals surface area contributed by atoms with Gasteiger partial charge in [-0.3, -0.25) is 18.6 Å². The Bertz CT molecular complexity index is 1500. The summed E-state index contributed by atoms with van der Waals surface area (Å²) in [6, 6.07) is 0. The Labute approximate surface area is 355 Å². The van der Waals surface area contributed by atoms with Gasteiger partial charge in [0.25, 0.3) is 0 Å². The maximum atomic E-state index is 12.6. The van der Waals surface area contributed by atoms with Gasteiger partial charge >= 0.3 is 19.8 Å². The molecule has 2 heterocycles. The van der Waals surface area contributed by atoms with Crippen LogP contribution < -0.4 is 5.73 Å². The summed E-state index contributed by atoms with van der Waals surface area (Å²) in [6.45, 7) is 7.75. The number of carbonyl (C=O) groups excluding carboxylic acids is 2. The molecule has 1 aromatic heterocycles. The average molecular weight is 846 g/mol. The highest BCUT2D eigenvalue weighted by Gasteiger charge is 2.36. The van der Waals surface area contributed by atoms with E-state index < -0.39 is 32.5 Å². The number of aryl methyl sites for hydroxylation is 2. The number of ether oxygens (including phenoxy) is 3. The summed E-state index contributed by atoms with van der Waals surface area (Å²) in [7, 11) is -4.42. The van der Waals surface area contributed by atoms with Crippen molar-refractivity contribution in [3.8, 4) is 0 Å². The van der Waals surface area contributed by atoms with Gasteiger partial charge in [-0.15, -0.1) is 0 Å². The maximum absolute atomic E-state index is 12.6. The Balaban J connectivity index is 1.61. The average Bonchev–Trinajstić information content (AvgIpc) is 3.92. The fourth-order valence-electron chi connectivity index (χ4n) is 6.35. The van der Waals surface area contributed by atoms with E-state index in [2.05, 4.69) is 76.3 Å². The first-order chi connectivity index (χ1) is 28.6. The minimum atomic E-state index is -4.42. The smallest absolute Gasteiger partial charge is 0.466 e. The predicted octanol–water partition coefficient (Wildman–Crippen LogP) is 11.1. The second kappa shape index (κ2) is 32.7. The summed E-state index contributed by atoms with van der Waals surface area (Å²) in [5.74, 6) is 1.30. The van der Waals surface area contributed by atoms with Crippen molar-refractivity contribution in [1.82, 2.24) is 0 Å². The Morgan fingerprint density at radius 2 is 1.27 bits per heavy atom. The molecular weight excluding hydrogens is 769 g/mol. The normalized spacial score (nSPS) is 17.3. The van der Waals surface area contributed by atoms with Crippen molar-refractivity contribution in [2.45, 2.75) is 174 Å². The molecule has 0 bridgehead atoms. The number of nitrogens with two attached hydrogens (primary N) is 1. The molecule has 1 fully saturated rings. The number of furan rings is 1. The second-order valence-electron chi connectivity index (χ2n) is 15.2. The van der Waals surface area contributed by atoms with E-state index in [1.807, 2.05) is 12.2 Å². The van der Waals surface area contributed by atoms with Crippen molar-refractivity contribution in [3.05, 3.63) is 83.4 Å². The van der Waals surface area contributed by atoms with Gasteiger partial charge in [-0.2, -0.15) is 0 Å². The van der Waals surface area contributed by atoms with Gasteiger partial charge in [-0.1, -0.05) is 113 Å². The first kappa shape index (κ1) is 52.1. The quantitative estimate of drug-likeness (QED) is 0.0217. The lowest BCUT2D eigenvalue weighted by Gasteiger charge is -2.19. The molecule has 1 saturated heterocycles. The van der Waals surface area contributed by atoms with Crippen LogP contribution in [0.1, 0.15) is 152 Å². The van der Waals surface area contributed by atoms with Gasteiger partial charge in [-0.05, 0) is 89.2 Å². The Morgan fingerprint density at radius 3 is 1.88 bits per heavy atom. The molecule has 334 valence electrons. The molecule has 12 heteroatoms. The lowest BCUT2D eigenvalue weighted by atomic mass is 10.0. The summed E-state index contributed by atoms with van der Waals surface area (Å²) in [6.07, 6.45) is 38.6. The highest BCUT2D eigenvalue weighted by Crippen LogP contribution is 2.43. The van der Waals surface area contributed by atoms with E-state index >= 15 is 0 Å². The number of hydrogen-bond donors (Lipinski definition) is 2. The van der Waals surface area contributed by atoms with E-state index in [1.165, 1.54) is 30.4 Å². The number of carbonyl (C=O) groups is 2. The molecule has 2 rings (SSSR count). The number of unbranched alkanes of at least 4 members (excludes halogenated alkanes) is 7. The van der Waals surface area contributed by atoms with Crippen LogP contribution in [0.3, 0.4) is 0 Å². The molecule has 0 aliphatic carbocycles. The standard InChI is InChI=1S/C47H76NO10P/c1-5-7-23-29-42-39(3)40(4)43(57-42)30-25-19-17-18-21-27-33-46(49)53-37-41(38-55-59(51,52)54-36-35-48)56-47(50)34-28-22-16-14-12-10-9-11-13-15-20-26-32-45-44(58-45)31-24-8-6-2/h8,10-13,16,20,22,24,26,41,44-45H,5-7,9,14-15,17-19,21,23,25,27-38,48H2,1-4H3,(H,51,52)/b12-10-,13-11-,22-16-,24-8-,26-20-/t41-,44?,45?/m1/s1. The van der Waals surface area contributed by atoms with Gasteiger partial charge in [-0.25, -0.2) is 4.57 Å². The first-order valence-electron chi connectivity index (χ1n) is 22.2. The highest BCUT2D eigenvalue weighted by molar-refractivity contribution is 7.47. The van der Waals surface area contributed by atoms with Gasteiger partial charge in [0.2, 0.25) is 0 Å². The van der Waals surface area contributed by atoms with Crippen LogP contribution in [0, 0.1) is 13.8 Å². The third-order valence-electron chi connectivity index (χ3n) is 10.0. The molecule has 0 amide bonds. The number of phosphoric ester groups is 1. The highest BCUT2D eigenvalue weighted by atomic mass is 31.2. The summed E-state index contributed by atoms with van der Waals surface area (Å²) in [5.41, 5.74) is 7.94. The summed E-state index contributed by atoms with van der Waals surface area (Å²) in [4.78, 5) is 35.0. The van der Waals surface area contributed by atoms with Crippen molar-refractivity contribution in [2.75, 3.05) is 26.4 Å². The van der Waals surface area contributed by atoms with E-state index in [4.69, 9.17) is 33.4 Å². The topological polar surface area (TPSA) is 160 Å². The van der Waals surface area contributed by atoms with Gasteiger partial charge in [0, 0.05) is 32.2 Å². The molecule has 1 aliphatic heterocycles. The van der Waals surface area contributed by atoms with Crippen molar-refractivity contribution >= 4 is 19.8 Å². The molecule has 11 nitrogen and oxygen atoms in total. The van der Waals surface area contributed by atoms with E-state index in [0.717, 1.165) is 95.0 Å². The largest absolute Gasteiger partial charge is 0.472 e. The van der Waals surface area contributed by atoms with Gasteiger partial charge in [0.05, 0.1) is 25.4 Å². The summed E-state index contributed by atoms with van der Waals surface area (Å²) in [5, 5.41) is 0. The molecule has 3 unspecified atom stereocenters. The Hall–Kier alpha value is -3.05. The number of phosphoric acid groups is 1. The molecular formula is C47H76NO10P. The maximum Gasteiger partial charge on any atom is 0.472 e. The molecule has 1 aromatic rings. The summed E-state index contributed by atoms with van der Waals surface area (Å²) >= 11 is 0. The molecule has 3 N–H and O–H groups in total. The van der Waals surface area contributed by atoms with Crippen LogP contribution in [0.15, 0.2) is 65.2 Å². The van der Waals surface area contributed by atoms with Crippen LogP contribution in [-0.2, 0) is 50.3 Å². The monoisotopic (exact) mass is 846 g/mol. The number of hydrogen-bond acceptors (Lipinski definition) is 10. The van der Waals surface area contributed by atoms with Gasteiger partial charge in [0.15, 0.2) is 6.10 Å². The van der Waals surface area contributed by atoms with E-state index in [0.29, 0.717) is 25.0 Å². The molecule has 4 atom stereocenters. The minimum absolute atomic E-state index is 0.0297. The number of epoxide rings is 1. The zero-order valence-electron chi connectivity index (χ0n) is 36.6. The molecule has 0 aromatic carbocycles. The van der Waals surface area contributed by atoms with E-state index in [1.54, 1.807) is 0 Å². The molecule has 59 heavy (non-hydrogen) atoms. The van der Waals surface area contributed by atoms with Gasteiger partial charge < -0.3 is 29.3 Å². The van der Waals surface area contributed by atoms with Crippen LogP contribution in [0.25, 0.3) is 0 Å². The van der Waals surface area contributed by atoms with Gasteiger partial charge in [0.1, 0.15) is 18.1 Å². The lowest BCUT2D eigenvalue weighted by Crippen LogP contribution is -2.29. The van der Waals surface area contributed by atoms with Crippen LogP contribution in [0.4, 0.5) is 0 Å². The predicted molar refractivity (Wildman–Crippen MR) is 236 cm³/mol. The van der Waals surface area contributed by atoms with E-state index in [9.17, 15) is 19.0 Å².